The minimum absolute atomic E-state index is 0. The van der Waals surface area contributed by atoms with Crippen molar-refractivity contribution in [3.8, 4) is 17.1 Å². The Hall–Kier alpha value is -1.67. The van der Waals surface area contributed by atoms with Crippen LogP contribution in [0.15, 0.2) is 36.2 Å². The molecule has 1 aromatic heterocycles. The van der Waals surface area contributed by atoms with Gasteiger partial charge >= 0.3 is 0 Å². The third-order valence-electron chi connectivity index (χ3n) is 3.25. The van der Waals surface area contributed by atoms with E-state index in [1.807, 2.05) is 0 Å². The number of rotatable bonds is 8. The molecule has 0 saturated carbocycles. The van der Waals surface area contributed by atoms with Gasteiger partial charge in [-0.1, -0.05) is 0 Å². The van der Waals surface area contributed by atoms with Crippen LogP contribution in [0.1, 0.15) is 11.7 Å². The summed E-state index contributed by atoms with van der Waals surface area (Å²) in [6.07, 6.45) is 0.456. The maximum absolute atomic E-state index is 12.4. The summed E-state index contributed by atoms with van der Waals surface area (Å²) in [5.74, 6) is 1.61. The van der Waals surface area contributed by atoms with Gasteiger partial charge in [-0.2, -0.15) is 5.10 Å². The fraction of sp³-hybridized carbons (Fsp3) is 0.333. The second-order valence-electron chi connectivity index (χ2n) is 4.86. The largest absolute Gasteiger partial charge is 0.489 e. The average molecular weight is 377 g/mol. The van der Waals surface area contributed by atoms with Crippen molar-refractivity contribution in [1.82, 2.24) is 15.2 Å². The number of aromatic nitrogens is 3. The average Bonchev–Trinajstić information content (AvgIpc) is 3.07. The standard InChI is InChI=1S/C15H18ClFN4O2.ClH/c16-5-12(8-22)15-19-14(20-21-15)11-1-3-13(4-2-11)23-9-10(6-17)7-18;/h1-4,6,12,22H,5,7-9,18H2,(H,19,20,21);1H/b10-6+;. The van der Waals surface area contributed by atoms with Crippen LogP contribution >= 0.6 is 24.0 Å². The van der Waals surface area contributed by atoms with Crippen LogP contribution in [-0.4, -0.2) is 45.9 Å². The van der Waals surface area contributed by atoms with E-state index in [4.69, 9.17) is 22.1 Å². The van der Waals surface area contributed by atoms with Crippen molar-refractivity contribution < 1.29 is 14.2 Å². The van der Waals surface area contributed by atoms with Crippen molar-refractivity contribution in [3.63, 3.8) is 0 Å². The number of nitrogens with one attached hydrogen (secondary N) is 1. The number of alkyl halides is 1. The molecule has 2 aromatic rings. The van der Waals surface area contributed by atoms with Crippen LogP contribution in [-0.2, 0) is 0 Å². The van der Waals surface area contributed by atoms with Gasteiger partial charge in [0.1, 0.15) is 18.2 Å². The Bertz CT molecular complexity index is 645. The predicted octanol–water partition coefficient (Wildman–Crippen LogP) is 2.40. The molecule has 2 rings (SSSR count). The number of H-pyrrole nitrogens is 1. The summed E-state index contributed by atoms with van der Waals surface area (Å²) >= 11 is 5.76. The van der Waals surface area contributed by atoms with Gasteiger partial charge in [0.15, 0.2) is 5.82 Å². The van der Waals surface area contributed by atoms with Gasteiger partial charge in [0.2, 0.25) is 0 Å². The first-order chi connectivity index (χ1) is 11.2. The number of aromatic amines is 1. The number of hydrogen-bond acceptors (Lipinski definition) is 5. The van der Waals surface area contributed by atoms with E-state index in [0.29, 0.717) is 29.3 Å². The van der Waals surface area contributed by atoms with E-state index in [2.05, 4.69) is 15.2 Å². The van der Waals surface area contributed by atoms with Crippen molar-refractivity contribution in [3.05, 3.63) is 42.0 Å². The van der Waals surface area contributed by atoms with Crippen LogP contribution in [0.25, 0.3) is 11.4 Å². The molecule has 6 nitrogen and oxygen atoms in total. The van der Waals surface area contributed by atoms with E-state index in [1.54, 1.807) is 24.3 Å². The number of aliphatic hydroxyl groups excluding tert-OH is 1. The summed E-state index contributed by atoms with van der Waals surface area (Å²) in [5, 5.41) is 16.1. The lowest BCUT2D eigenvalue weighted by molar-refractivity contribution is 0.270. The Labute approximate surface area is 150 Å². The molecule has 1 unspecified atom stereocenters. The number of hydrogen-bond donors (Lipinski definition) is 3. The van der Waals surface area contributed by atoms with Gasteiger partial charge in [0.05, 0.1) is 18.9 Å². The molecule has 0 aliphatic rings. The molecule has 132 valence electrons. The zero-order chi connectivity index (χ0) is 16.7. The minimum atomic E-state index is -0.275. The fourth-order valence-corrected chi connectivity index (χ4v) is 2.05. The number of halogens is 3. The van der Waals surface area contributed by atoms with Crippen molar-refractivity contribution in [1.29, 1.82) is 0 Å². The molecule has 0 amide bonds. The highest BCUT2D eigenvalue weighted by Crippen LogP contribution is 2.21. The third-order valence-corrected chi connectivity index (χ3v) is 3.62. The highest BCUT2D eigenvalue weighted by atomic mass is 35.5. The lowest BCUT2D eigenvalue weighted by Gasteiger charge is -2.07. The Morgan fingerprint density at radius 2 is 2.12 bits per heavy atom. The molecule has 0 aliphatic heterocycles. The number of aliphatic hydroxyl groups is 1. The molecule has 0 aliphatic carbocycles. The third kappa shape index (κ3) is 5.17. The molecule has 0 radical (unpaired) electrons. The van der Waals surface area contributed by atoms with Crippen LogP contribution in [0.5, 0.6) is 5.75 Å². The summed E-state index contributed by atoms with van der Waals surface area (Å²) in [4.78, 5) is 4.33. The van der Waals surface area contributed by atoms with Gasteiger partial charge in [-0.05, 0) is 24.3 Å². The van der Waals surface area contributed by atoms with E-state index < -0.39 is 0 Å². The highest BCUT2D eigenvalue weighted by Gasteiger charge is 2.15. The molecule has 0 saturated heterocycles. The first-order valence-electron chi connectivity index (χ1n) is 7.02. The summed E-state index contributed by atoms with van der Waals surface area (Å²) < 4.78 is 17.8. The van der Waals surface area contributed by atoms with Crippen LogP contribution < -0.4 is 10.5 Å². The van der Waals surface area contributed by atoms with Crippen molar-refractivity contribution in [2.45, 2.75) is 5.92 Å². The lowest BCUT2D eigenvalue weighted by atomic mass is 10.2. The SMILES string of the molecule is Cl.NC/C(=C\F)COc1ccc(-c2n[nH]c(C(CO)CCl)n2)cc1. The summed E-state index contributed by atoms with van der Waals surface area (Å²) in [6.45, 7) is 0.114. The molecule has 0 fully saturated rings. The van der Waals surface area contributed by atoms with Crippen LogP contribution in [0.4, 0.5) is 4.39 Å². The maximum Gasteiger partial charge on any atom is 0.181 e. The smallest absolute Gasteiger partial charge is 0.181 e. The second kappa shape index (κ2) is 10.2. The molecule has 9 heteroatoms. The van der Waals surface area contributed by atoms with Gasteiger partial charge in [-0.3, -0.25) is 5.10 Å². The highest BCUT2D eigenvalue weighted by molar-refractivity contribution is 6.18. The first-order valence-corrected chi connectivity index (χ1v) is 7.55. The van der Waals surface area contributed by atoms with Crippen molar-refractivity contribution in [2.75, 3.05) is 25.6 Å². The van der Waals surface area contributed by atoms with E-state index in [0.717, 1.165) is 5.56 Å². The van der Waals surface area contributed by atoms with Crippen LogP contribution in [0.2, 0.25) is 0 Å². The maximum atomic E-state index is 12.4. The number of nitrogens with zero attached hydrogens (tertiary/aromatic N) is 2. The topological polar surface area (TPSA) is 97.0 Å². The molecule has 24 heavy (non-hydrogen) atoms. The van der Waals surface area contributed by atoms with Crippen LogP contribution in [0.3, 0.4) is 0 Å². The molecule has 4 N–H and O–H groups in total. The summed E-state index contributed by atoms with van der Waals surface area (Å²) in [5.41, 5.74) is 6.52. The number of benzene rings is 1. The van der Waals surface area contributed by atoms with Gasteiger partial charge in [0, 0.05) is 23.6 Å². The minimum Gasteiger partial charge on any atom is -0.489 e. The predicted molar refractivity (Wildman–Crippen MR) is 93.4 cm³/mol. The van der Waals surface area contributed by atoms with E-state index in [9.17, 15) is 9.50 Å². The van der Waals surface area contributed by atoms with E-state index >= 15 is 0 Å². The zero-order valence-corrected chi connectivity index (χ0v) is 14.4. The van der Waals surface area contributed by atoms with Gasteiger partial charge in [-0.15, -0.1) is 24.0 Å². The van der Waals surface area contributed by atoms with Crippen molar-refractivity contribution >= 4 is 24.0 Å². The van der Waals surface area contributed by atoms with Gasteiger partial charge in [-0.25, -0.2) is 9.37 Å². The molecule has 1 atom stereocenters. The Morgan fingerprint density at radius 3 is 2.67 bits per heavy atom. The van der Waals surface area contributed by atoms with E-state index in [-0.39, 0.29) is 44.0 Å². The normalized spacial score (nSPS) is 12.6. The molecular formula is C15H19Cl2FN4O2. The molecule has 0 spiro atoms. The number of ether oxygens (including phenoxy) is 1. The first kappa shape index (κ1) is 20.4. The van der Waals surface area contributed by atoms with Gasteiger partial charge < -0.3 is 15.6 Å². The fourth-order valence-electron chi connectivity index (χ4n) is 1.81. The monoisotopic (exact) mass is 376 g/mol. The Morgan fingerprint density at radius 1 is 1.42 bits per heavy atom. The van der Waals surface area contributed by atoms with E-state index in [1.165, 1.54) is 0 Å². The molecule has 0 bridgehead atoms. The van der Waals surface area contributed by atoms with Crippen molar-refractivity contribution in [2.24, 2.45) is 5.73 Å². The molecular weight excluding hydrogens is 358 g/mol. The zero-order valence-electron chi connectivity index (χ0n) is 12.8. The van der Waals surface area contributed by atoms with Gasteiger partial charge in [0.25, 0.3) is 0 Å². The quantitative estimate of drug-likeness (QED) is 0.614. The summed E-state index contributed by atoms with van der Waals surface area (Å²) in [7, 11) is 0. The second-order valence-corrected chi connectivity index (χ2v) is 5.17. The Balaban J connectivity index is 0.00000288. The lowest BCUT2D eigenvalue weighted by Crippen LogP contribution is -2.10. The number of nitrogens with two attached hydrogens (primary N) is 1. The molecule has 1 heterocycles. The Kier molecular flexibility index (Phi) is 8.70. The summed E-state index contributed by atoms with van der Waals surface area (Å²) in [6, 6.07) is 7.06. The van der Waals surface area contributed by atoms with Crippen LogP contribution in [0, 0.1) is 0 Å². The molecule has 1 aromatic carbocycles.